The third-order valence-electron chi connectivity index (χ3n) is 12.8. The van der Waals surface area contributed by atoms with Gasteiger partial charge in [0.2, 0.25) is 11.6 Å². The van der Waals surface area contributed by atoms with Gasteiger partial charge < -0.3 is 38.3 Å². The fourth-order valence-electron chi connectivity index (χ4n) is 9.22. The molecule has 79 heavy (non-hydrogen) atoms. The summed E-state index contributed by atoms with van der Waals surface area (Å²) in [7, 11) is 0. The number of rotatable bonds is 11. The second kappa shape index (κ2) is 24.2. The second-order valence-corrected chi connectivity index (χ2v) is 17.7. The van der Waals surface area contributed by atoms with Crippen LogP contribution < -0.4 is 10.1 Å². The summed E-state index contributed by atoms with van der Waals surface area (Å²) in [6, 6.07) is 24.8. The Bertz CT molecular complexity index is 3400. The Labute approximate surface area is 457 Å². The fourth-order valence-corrected chi connectivity index (χ4v) is 9.22. The van der Waals surface area contributed by atoms with E-state index in [9.17, 15) is 0 Å². The van der Waals surface area contributed by atoms with Crippen LogP contribution in [-0.4, -0.2) is 76.2 Å². The molecular formula is C54H41BF10N12ORu. The number of fused-ring (bicyclic) bond motifs is 2. The minimum atomic E-state index is -4.47. The van der Waals surface area contributed by atoms with Crippen LogP contribution in [0.3, 0.4) is 0 Å². The Balaban J connectivity index is 0.000000246. The van der Waals surface area contributed by atoms with Gasteiger partial charge in [0.25, 0.3) is 0 Å². The molecule has 404 valence electrons. The molecule has 6 aromatic heterocycles. The van der Waals surface area contributed by atoms with Gasteiger partial charge >= 0.3 is 26.4 Å². The van der Waals surface area contributed by atoms with Gasteiger partial charge in [0.05, 0.1) is 45.7 Å². The number of pyridine rings is 4. The van der Waals surface area contributed by atoms with Crippen LogP contribution in [0.15, 0.2) is 146 Å². The number of ether oxygens (including phenoxy) is 1. The first kappa shape index (κ1) is 55.5. The maximum atomic E-state index is 15.6. The largest absolute Gasteiger partial charge is 2.00 e. The first-order valence-electron chi connectivity index (χ1n) is 24.3. The van der Waals surface area contributed by atoms with E-state index in [4.69, 9.17) is 4.74 Å². The number of nitrogens with zero attached hydrogens (tertiary/aromatic N) is 11. The third-order valence-corrected chi connectivity index (χ3v) is 12.8. The maximum absolute atomic E-state index is 15.6. The smallest absolute Gasteiger partial charge is 0.688 e. The van der Waals surface area contributed by atoms with Crippen molar-refractivity contribution in [2.45, 2.75) is 45.0 Å². The van der Waals surface area contributed by atoms with E-state index >= 15 is 43.8 Å². The molecule has 13 nitrogen and oxygen atoms in total. The van der Waals surface area contributed by atoms with Crippen LogP contribution in [-0.2, 0) is 32.8 Å². The summed E-state index contributed by atoms with van der Waals surface area (Å²) >= 11 is 0. The summed E-state index contributed by atoms with van der Waals surface area (Å²) in [6.07, 6.45) is 14.4. The molecule has 0 amide bonds. The molecule has 0 spiro atoms. The SMILES string of the molecule is Fc1c(F)c(/C(=C2\CCC[N-]2)C2CCC[N-]2)c(F)c(F)c1NCn1cc(COc2c(F)c(F)c(C3=C4C=CC=[N+]4[B-](F)(F)n4cccc43)c(F)c2F)nn1.[Ru+2].c1ccc(-c2ccccn2)nc1.c1ccc(-c2ccccn2)nc1. The number of aromatic nitrogens is 8. The Kier molecular flexibility index (Phi) is 17.0. The standard InChI is InChI=1S/C34H25BF10N8O.2C10H8N2.Ru/c36-25-23(21(17-5-1-9-46-17)18-6-2-10-47-18)26(37)30(41)33(29(25)40)48-15-51-13-16(49-50-51)14-54-34-31(42)27(38)24(28(39)32(34)43)22-19-7-3-11-52(19)35(44,45)53-12-4-8-20(22)53;2*1-3-7-11-9(5-1)10-6-2-4-8-12-10;/h3-4,7-8,11-13,17,48H,1-2,5-6,9-10,14-15H2;2*1-8H;/q-2;;;+2/b21-18+;;;. The van der Waals surface area contributed by atoms with Gasteiger partial charge in [-0.25, -0.2) is 31.0 Å². The van der Waals surface area contributed by atoms with Crippen molar-refractivity contribution in [3.63, 3.8) is 0 Å². The van der Waals surface area contributed by atoms with Crippen molar-refractivity contribution in [3.8, 4) is 28.5 Å². The summed E-state index contributed by atoms with van der Waals surface area (Å²) in [5.74, 6) is -15.9. The van der Waals surface area contributed by atoms with Gasteiger partial charge in [-0.2, -0.15) is 14.5 Å². The molecule has 4 aliphatic rings. The molecule has 2 fully saturated rings. The minimum absolute atomic E-state index is 0. The Morgan fingerprint density at radius 1 is 0.696 bits per heavy atom. The first-order valence-corrected chi connectivity index (χ1v) is 24.3. The number of halogens is 10. The normalized spacial score (nSPS) is 16.3. The Morgan fingerprint density at radius 3 is 1.78 bits per heavy atom. The number of nitrogens with one attached hydrogen (secondary N) is 1. The van der Waals surface area contributed by atoms with Crippen LogP contribution in [0.25, 0.3) is 44.6 Å². The van der Waals surface area contributed by atoms with Gasteiger partial charge in [-0.15, -0.1) is 24.2 Å². The molecule has 1 atom stereocenters. The molecule has 0 radical (unpaired) electrons. The summed E-state index contributed by atoms with van der Waals surface area (Å²) < 4.78 is 161. The number of hydrogen-bond donors (Lipinski definition) is 1. The van der Waals surface area contributed by atoms with E-state index in [0.717, 1.165) is 58.2 Å². The van der Waals surface area contributed by atoms with Crippen molar-refractivity contribution in [2.75, 3.05) is 18.4 Å². The molecule has 2 aromatic carbocycles. The number of anilines is 1. The molecule has 8 aromatic rings. The quantitative estimate of drug-likeness (QED) is 0.0767. The van der Waals surface area contributed by atoms with Crippen LogP contribution in [0, 0.1) is 46.5 Å². The average Bonchev–Trinajstić information content (AvgIpc) is 4.51. The predicted molar refractivity (Wildman–Crippen MR) is 270 cm³/mol. The van der Waals surface area contributed by atoms with Crippen LogP contribution in [0.5, 0.6) is 5.75 Å². The van der Waals surface area contributed by atoms with E-state index in [-0.39, 0.29) is 42.1 Å². The van der Waals surface area contributed by atoms with E-state index in [1.165, 1.54) is 12.1 Å². The maximum Gasteiger partial charge on any atom is 2.00 e. The molecule has 2 saturated heterocycles. The second-order valence-electron chi connectivity index (χ2n) is 17.7. The van der Waals surface area contributed by atoms with Gasteiger partial charge in [0.15, 0.2) is 46.3 Å². The van der Waals surface area contributed by atoms with Crippen LogP contribution in [0.2, 0.25) is 0 Å². The molecule has 0 bridgehead atoms. The molecule has 0 saturated carbocycles. The molecule has 12 rings (SSSR count). The van der Waals surface area contributed by atoms with Gasteiger partial charge in [-0.05, 0) is 66.9 Å². The molecule has 1 N–H and O–H groups in total. The van der Waals surface area contributed by atoms with E-state index < -0.39 is 101 Å². The molecule has 1 unspecified atom stereocenters. The third kappa shape index (κ3) is 11.2. The molecule has 4 aliphatic heterocycles. The van der Waals surface area contributed by atoms with E-state index in [1.807, 2.05) is 72.8 Å². The molecule has 0 aliphatic carbocycles. The van der Waals surface area contributed by atoms with E-state index in [0.29, 0.717) is 53.4 Å². The summed E-state index contributed by atoms with van der Waals surface area (Å²) in [5, 5.41) is 18.2. The monoisotopic (exact) mass is 1180 g/mol. The van der Waals surface area contributed by atoms with Crippen LogP contribution >= 0.6 is 0 Å². The number of allylic oxidation sites excluding steroid dienone is 3. The zero-order valence-electron chi connectivity index (χ0n) is 41.1. The van der Waals surface area contributed by atoms with Crippen molar-refractivity contribution in [2.24, 2.45) is 0 Å². The Morgan fingerprint density at radius 2 is 1.28 bits per heavy atom. The zero-order valence-corrected chi connectivity index (χ0v) is 42.8. The summed E-state index contributed by atoms with van der Waals surface area (Å²) in [4.78, 5) is 16.7. The molecule has 25 heteroatoms. The van der Waals surface area contributed by atoms with Crippen LogP contribution in [0.4, 0.5) is 49.4 Å². The van der Waals surface area contributed by atoms with Gasteiger partial charge in [0, 0.05) is 42.6 Å². The first-order chi connectivity index (χ1) is 37.8. The fraction of sp³-hybridized carbons (Fsp3) is 0.167. The number of benzene rings is 2. The summed E-state index contributed by atoms with van der Waals surface area (Å²) in [6.45, 7) is -5.09. The van der Waals surface area contributed by atoms with Crippen molar-refractivity contribution in [3.05, 3.63) is 225 Å². The molecule has 10 heterocycles. The average molecular weight is 1180 g/mol. The topological polar surface area (TPSA) is 140 Å². The van der Waals surface area contributed by atoms with Gasteiger partial charge in [-0.1, -0.05) is 60.7 Å². The predicted octanol–water partition coefficient (Wildman–Crippen LogP) is 12.2. The van der Waals surface area contributed by atoms with Gasteiger partial charge in [0.1, 0.15) is 30.9 Å². The minimum Gasteiger partial charge on any atom is -0.688 e. The zero-order chi connectivity index (χ0) is 54.5. The van der Waals surface area contributed by atoms with Crippen molar-refractivity contribution >= 4 is 30.0 Å². The number of hydrogen-bond acceptors (Lipinski definition) is 8. The van der Waals surface area contributed by atoms with Gasteiger partial charge in [-0.3, -0.25) is 19.9 Å². The van der Waals surface area contributed by atoms with Crippen molar-refractivity contribution in [1.82, 2.24) is 39.4 Å². The van der Waals surface area contributed by atoms with Crippen molar-refractivity contribution < 1.29 is 72.5 Å². The van der Waals surface area contributed by atoms with Crippen molar-refractivity contribution in [1.29, 1.82) is 0 Å². The summed E-state index contributed by atoms with van der Waals surface area (Å²) in [5.41, 5.74) is -0.712. The van der Waals surface area contributed by atoms with E-state index in [1.54, 1.807) is 24.8 Å². The van der Waals surface area contributed by atoms with E-state index in [2.05, 4.69) is 46.2 Å². The Hall–Kier alpha value is -8.30. The van der Waals surface area contributed by atoms with Crippen LogP contribution in [0.1, 0.15) is 48.2 Å². The molecular weight excluding hydrogens is 1130 g/mol.